The van der Waals surface area contributed by atoms with Crippen LogP contribution in [0.4, 0.5) is 5.00 Å². The van der Waals surface area contributed by atoms with E-state index >= 15 is 0 Å². The van der Waals surface area contributed by atoms with Crippen molar-refractivity contribution in [2.24, 2.45) is 0 Å². The number of amides is 1. The second-order valence-corrected chi connectivity index (χ2v) is 8.93. The fourth-order valence-corrected chi connectivity index (χ4v) is 4.52. The molecule has 8 heteroatoms. The summed E-state index contributed by atoms with van der Waals surface area (Å²) in [4.78, 5) is 25.3. The van der Waals surface area contributed by atoms with Crippen molar-refractivity contribution in [3.8, 4) is 22.6 Å². The van der Waals surface area contributed by atoms with Crippen molar-refractivity contribution in [1.82, 2.24) is 0 Å². The molecular formula is C26H28ClNO5S. The number of methoxy groups -OCH3 is 1. The lowest BCUT2D eigenvalue weighted by Gasteiger charge is -2.11. The summed E-state index contributed by atoms with van der Waals surface area (Å²) in [6.45, 7) is 6.24. The molecule has 0 bridgehead atoms. The molecule has 0 saturated heterocycles. The van der Waals surface area contributed by atoms with Crippen LogP contribution in [0.2, 0.25) is 5.02 Å². The second kappa shape index (κ2) is 11.9. The minimum Gasteiger partial charge on any atom is -0.497 e. The number of carbonyl (C=O) groups excluding carboxylic acids is 2. The summed E-state index contributed by atoms with van der Waals surface area (Å²) in [6.07, 6.45) is 0.779. The third-order valence-electron chi connectivity index (χ3n) is 5.15. The molecule has 34 heavy (non-hydrogen) atoms. The third-order valence-corrected chi connectivity index (χ3v) is 6.64. The Bertz CT molecular complexity index is 1130. The number of aryl methyl sites for hydroxylation is 2. The number of ether oxygens (including phenoxy) is 3. The summed E-state index contributed by atoms with van der Waals surface area (Å²) >= 11 is 7.49. The van der Waals surface area contributed by atoms with Crippen molar-refractivity contribution < 1.29 is 23.8 Å². The van der Waals surface area contributed by atoms with E-state index in [0.29, 0.717) is 29.2 Å². The maximum atomic E-state index is 12.7. The standard InChI is InChI=1S/C26H28ClNO5S/c1-5-32-26(30)23-21(18-8-10-19(31-4)11-9-18)15-34-25(23)28-22(29)7-6-12-33-20-13-16(2)24(27)17(3)14-20/h8-11,13-15H,5-7,12H2,1-4H3,(H,28,29). The number of nitrogens with one attached hydrogen (secondary N) is 1. The first-order chi connectivity index (χ1) is 16.3. The fourth-order valence-electron chi connectivity index (χ4n) is 3.44. The monoisotopic (exact) mass is 501 g/mol. The Hall–Kier alpha value is -3.03. The largest absolute Gasteiger partial charge is 0.497 e. The van der Waals surface area contributed by atoms with Gasteiger partial charge in [-0.3, -0.25) is 4.79 Å². The van der Waals surface area contributed by atoms with Crippen molar-refractivity contribution in [2.45, 2.75) is 33.6 Å². The summed E-state index contributed by atoms with van der Waals surface area (Å²) in [5, 5.41) is 5.92. The molecule has 1 aromatic heterocycles. The molecule has 0 unspecified atom stereocenters. The normalized spacial score (nSPS) is 10.6. The Morgan fingerprint density at radius 3 is 2.35 bits per heavy atom. The lowest BCUT2D eigenvalue weighted by atomic mass is 10.0. The Balaban J connectivity index is 1.65. The van der Waals surface area contributed by atoms with Gasteiger partial charge in [-0.15, -0.1) is 11.3 Å². The second-order valence-electron chi connectivity index (χ2n) is 7.67. The minimum absolute atomic E-state index is 0.194. The molecule has 0 atom stereocenters. The maximum Gasteiger partial charge on any atom is 0.341 e. The Morgan fingerprint density at radius 1 is 1.06 bits per heavy atom. The van der Waals surface area contributed by atoms with E-state index in [2.05, 4.69) is 5.32 Å². The van der Waals surface area contributed by atoms with Crippen LogP contribution in [0.15, 0.2) is 41.8 Å². The van der Waals surface area contributed by atoms with Crippen molar-refractivity contribution in [1.29, 1.82) is 0 Å². The molecule has 0 saturated carbocycles. The molecule has 0 aliphatic carbocycles. The highest BCUT2D eigenvalue weighted by atomic mass is 35.5. The minimum atomic E-state index is -0.471. The van der Waals surface area contributed by atoms with Crippen LogP contribution in [0.25, 0.3) is 11.1 Å². The van der Waals surface area contributed by atoms with Gasteiger partial charge in [-0.25, -0.2) is 4.79 Å². The topological polar surface area (TPSA) is 73.9 Å². The number of hydrogen-bond acceptors (Lipinski definition) is 6. The van der Waals surface area contributed by atoms with Gasteiger partial charge in [0.2, 0.25) is 5.91 Å². The average Bonchev–Trinajstić information content (AvgIpc) is 3.23. The number of anilines is 1. The Morgan fingerprint density at radius 2 is 1.74 bits per heavy atom. The van der Waals surface area contributed by atoms with E-state index in [9.17, 15) is 9.59 Å². The van der Waals surface area contributed by atoms with E-state index in [-0.39, 0.29) is 18.9 Å². The van der Waals surface area contributed by atoms with Crippen molar-refractivity contribution in [2.75, 3.05) is 25.6 Å². The van der Waals surface area contributed by atoms with Crippen LogP contribution < -0.4 is 14.8 Å². The Labute approximate surface area is 208 Å². The van der Waals surface area contributed by atoms with Crippen LogP contribution in [-0.2, 0) is 9.53 Å². The molecule has 0 aliphatic rings. The summed E-state index contributed by atoms with van der Waals surface area (Å²) in [6, 6.07) is 11.1. The van der Waals surface area contributed by atoms with Crippen LogP contribution in [0.5, 0.6) is 11.5 Å². The number of rotatable bonds is 10. The fraction of sp³-hybridized carbons (Fsp3) is 0.308. The SMILES string of the molecule is CCOC(=O)c1c(-c2ccc(OC)cc2)csc1NC(=O)CCCOc1cc(C)c(Cl)c(C)c1. The van der Waals surface area contributed by atoms with E-state index in [1.54, 1.807) is 14.0 Å². The van der Waals surface area contributed by atoms with E-state index in [1.807, 2.05) is 55.6 Å². The van der Waals surface area contributed by atoms with Gasteiger partial charge in [-0.2, -0.15) is 0 Å². The molecule has 6 nitrogen and oxygen atoms in total. The average molecular weight is 502 g/mol. The van der Waals surface area contributed by atoms with E-state index in [0.717, 1.165) is 33.2 Å². The zero-order chi connectivity index (χ0) is 24.7. The van der Waals surface area contributed by atoms with Crippen LogP contribution in [0.3, 0.4) is 0 Å². The van der Waals surface area contributed by atoms with Crippen molar-refractivity contribution in [3.05, 3.63) is 63.5 Å². The van der Waals surface area contributed by atoms with Crippen LogP contribution in [0, 0.1) is 13.8 Å². The molecule has 0 fully saturated rings. The molecular weight excluding hydrogens is 474 g/mol. The van der Waals surface area contributed by atoms with Crippen LogP contribution in [-0.4, -0.2) is 32.2 Å². The molecule has 180 valence electrons. The molecule has 0 aliphatic heterocycles. The zero-order valence-electron chi connectivity index (χ0n) is 19.7. The smallest absolute Gasteiger partial charge is 0.341 e. The zero-order valence-corrected chi connectivity index (χ0v) is 21.3. The first-order valence-corrected chi connectivity index (χ1v) is 12.2. The lowest BCUT2D eigenvalue weighted by molar-refractivity contribution is -0.116. The van der Waals surface area contributed by atoms with Gasteiger partial charge in [-0.05, 0) is 68.1 Å². The molecule has 3 rings (SSSR count). The highest BCUT2D eigenvalue weighted by molar-refractivity contribution is 7.15. The molecule has 3 aromatic rings. The van der Waals surface area contributed by atoms with Gasteiger partial charge in [0.05, 0.1) is 20.3 Å². The quantitative estimate of drug-likeness (QED) is 0.248. The number of benzene rings is 2. The summed E-state index contributed by atoms with van der Waals surface area (Å²) in [5.74, 6) is 0.783. The highest BCUT2D eigenvalue weighted by Gasteiger charge is 2.22. The summed E-state index contributed by atoms with van der Waals surface area (Å²) in [5.41, 5.74) is 3.80. The van der Waals surface area contributed by atoms with Crippen molar-refractivity contribution in [3.63, 3.8) is 0 Å². The van der Waals surface area contributed by atoms with Crippen LogP contribution in [0.1, 0.15) is 41.3 Å². The van der Waals surface area contributed by atoms with E-state index in [4.69, 9.17) is 25.8 Å². The van der Waals surface area contributed by atoms with Gasteiger partial charge in [0.15, 0.2) is 0 Å². The molecule has 2 aromatic carbocycles. The number of carbonyl (C=O) groups is 2. The lowest BCUT2D eigenvalue weighted by Crippen LogP contribution is -2.15. The van der Waals surface area contributed by atoms with Gasteiger partial charge in [-0.1, -0.05) is 23.7 Å². The van der Waals surface area contributed by atoms with Gasteiger partial charge in [0.1, 0.15) is 22.1 Å². The number of thiophene rings is 1. The number of halogens is 1. The molecule has 0 spiro atoms. The molecule has 1 N–H and O–H groups in total. The first kappa shape index (κ1) is 25.6. The molecule has 0 radical (unpaired) electrons. The molecule has 1 amide bonds. The first-order valence-electron chi connectivity index (χ1n) is 11.0. The van der Waals surface area contributed by atoms with Gasteiger partial charge >= 0.3 is 5.97 Å². The van der Waals surface area contributed by atoms with Gasteiger partial charge in [0, 0.05) is 22.4 Å². The Kier molecular flexibility index (Phi) is 8.96. The van der Waals surface area contributed by atoms with Gasteiger partial charge in [0.25, 0.3) is 0 Å². The van der Waals surface area contributed by atoms with Gasteiger partial charge < -0.3 is 19.5 Å². The number of esters is 1. The van der Waals surface area contributed by atoms with Crippen LogP contribution >= 0.6 is 22.9 Å². The van der Waals surface area contributed by atoms with E-state index < -0.39 is 5.97 Å². The van der Waals surface area contributed by atoms with Crippen molar-refractivity contribution >= 4 is 39.8 Å². The summed E-state index contributed by atoms with van der Waals surface area (Å²) in [7, 11) is 1.60. The summed E-state index contributed by atoms with van der Waals surface area (Å²) < 4.78 is 16.2. The number of hydrogen-bond donors (Lipinski definition) is 1. The molecule has 1 heterocycles. The maximum absolute atomic E-state index is 12.7. The predicted octanol–water partition coefficient (Wildman–Crippen LogP) is 6.67. The predicted molar refractivity (Wildman–Crippen MR) is 137 cm³/mol. The highest BCUT2D eigenvalue weighted by Crippen LogP contribution is 2.37. The van der Waals surface area contributed by atoms with E-state index in [1.165, 1.54) is 11.3 Å². The third kappa shape index (κ3) is 6.30.